The third-order valence-corrected chi connectivity index (χ3v) is 4.10. The molecule has 0 radical (unpaired) electrons. The fraction of sp³-hybridized carbons (Fsp3) is 0.538. The van der Waals surface area contributed by atoms with Gasteiger partial charge in [-0.15, -0.1) is 0 Å². The van der Waals surface area contributed by atoms with Crippen LogP contribution in [-0.2, 0) is 0 Å². The lowest BCUT2D eigenvalue weighted by Crippen LogP contribution is -2.27. The molecule has 0 spiro atoms. The van der Waals surface area contributed by atoms with Crippen LogP contribution in [0.15, 0.2) is 18.3 Å². The van der Waals surface area contributed by atoms with E-state index in [0.717, 1.165) is 5.92 Å². The first-order chi connectivity index (χ1) is 8.24. The minimum atomic E-state index is -0.913. The van der Waals surface area contributed by atoms with E-state index in [0.29, 0.717) is 17.8 Å². The number of aromatic nitrogens is 1. The summed E-state index contributed by atoms with van der Waals surface area (Å²) in [6.07, 6.45) is 6.73. The predicted molar refractivity (Wildman–Crippen MR) is 64.1 cm³/mol. The number of carbonyl (C=O) groups is 1. The average molecular weight is 232 g/mol. The number of pyridine rings is 1. The topological polar surface area (TPSA) is 62.2 Å². The zero-order valence-corrected chi connectivity index (χ0v) is 9.60. The summed E-state index contributed by atoms with van der Waals surface area (Å²) >= 11 is 0. The summed E-state index contributed by atoms with van der Waals surface area (Å²) < 4.78 is 0. The summed E-state index contributed by atoms with van der Waals surface area (Å²) in [5, 5.41) is 12.4. The Kier molecular flexibility index (Phi) is 2.50. The lowest BCUT2D eigenvalue weighted by molar-refractivity contribution is 0.0697. The van der Waals surface area contributed by atoms with Crippen molar-refractivity contribution >= 4 is 11.8 Å². The number of nitrogens with zero attached hydrogens (tertiary/aromatic N) is 1. The van der Waals surface area contributed by atoms with Gasteiger partial charge in [-0.25, -0.2) is 9.78 Å². The van der Waals surface area contributed by atoms with Gasteiger partial charge in [0.1, 0.15) is 11.4 Å². The molecule has 2 bridgehead atoms. The minimum absolute atomic E-state index is 0.273. The average Bonchev–Trinajstić information content (AvgIpc) is 2.91. The van der Waals surface area contributed by atoms with Crippen molar-refractivity contribution in [1.29, 1.82) is 0 Å². The van der Waals surface area contributed by atoms with Crippen molar-refractivity contribution in [2.75, 3.05) is 5.32 Å². The Balaban J connectivity index is 1.79. The first-order valence-electron chi connectivity index (χ1n) is 6.19. The van der Waals surface area contributed by atoms with Crippen molar-refractivity contribution in [3.8, 4) is 0 Å². The number of hydrogen-bond donors (Lipinski definition) is 2. The lowest BCUT2D eigenvalue weighted by Gasteiger charge is -2.23. The Hall–Kier alpha value is -1.58. The molecule has 1 aromatic heterocycles. The van der Waals surface area contributed by atoms with E-state index in [1.807, 2.05) is 0 Å². The molecule has 0 aromatic carbocycles. The van der Waals surface area contributed by atoms with Crippen LogP contribution >= 0.6 is 0 Å². The Labute approximate surface area is 100 Å². The molecule has 0 aliphatic heterocycles. The molecule has 2 N–H and O–H groups in total. The fourth-order valence-electron chi connectivity index (χ4n) is 3.29. The van der Waals surface area contributed by atoms with Crippen molar-refractivity contribution in [3.63, 3.8) is 0 Å². The van der Waals surface area contributed by atoms with Crippen LogP contribution < -0.4 is 5.32 Å². The van der Waals surface area contributed by atoms with Gasteiger partial charge in [0.25, 0.3) is 0 Å². The summed E-state index contributed by atoms with van der Waals surface area (Å²) in [5.41, 5.74) is 0.273. The van der Waals surface area contributed by atoms with Crippen molar-refractivity contribution in [3.05, 3.63) is 23.9 Å². The van der Waals surface area contributed by atoms with Crippen LogP contribution in [-0.4, -0.2) is 22.1 Å². The van der Waals surface area contributed by atoms with E-state index in [1.165, 1.54) is 25.7 Å². The summed E-state index contributed by atoms with van der Waals surface area (Å²) in [7, 11) is 0. The number of rotatable bonds is 3. The molecule has 2 aliphatic rings. The number of nitrogens with one attached hydrogen (secondary N) is 1. The van der Waals surface area contributed by atoms with Gasteiger partial charge < -0.3 is 10.4 Å². The van der Waals surface area contributed by atoms with Crippen LogP contribution in [0.4, 0.5) is 5.82 Å². The number of anilines is 1. The molecule has 3 atom stereocenters. The molecule has 2 saturated carbocycles. The third-order valence-electron chi connectivity index (χ3n) is 4.10. The fourth-order valence-corrected chi connectivity index (χ4v) is 3.29. The van der Waals surface area contributed by atoms with Gasteiger partial charge in [-0.05, 0) is 43.2 Å². The highest BCUT2D eigenvalue weighted by atomic mass is 16.4. The van der Waals surface area contributed by atoms with Crippen LogP contribution in [0.3, 0.4) is 0 Å². The minimum Gasteiger partial charge on any atom is -0.478 e. The lowest BCUT2D eigenvalue weighted by atomic mass is 9.95. The van der Waals surface area contributed by atoms with Gasteiger partial charge in [-0.3, -0.25) is 0 Å². The monoisotopic (exact) mass is 232 g/mol. The van der Waals surface area contributed by atoms with E-state index < -0.39 is 5.97 Å². The van der Waals surface area contributed by atoms with Gasteiger partial charge >= 0.3 is 5.97 Å². The van der Waals surface area contributed by atoms with E-state index >= 15 is 0 Å². The zero-order valence-electron chi connectivity index (χ0n) is 9.60. The Morgan fingerprint density at radius 1 is 1.41 bits per heavy atom. The Morgan fingerprint density at radius 3 is 2.94 bits per heavy atom. The standard InChI is InChI=1S/C13H16N2O2/c16-13(17)10-2-1-5-14-12(10)15-11-7-8-3-4-9(11)6-8/h1-2,5,8-9,11H,3-4,6-7H2,(H,14,15)(H,16,17)/t8-,9+,11+/m0/s1. The Morgan fingerprint density at radius 2 is 2.29 bits per heavy atom. The smallest absolute Gasteiger partial charge is 0.339 e. The number of fused-ring (bicyclic) bond motifs is 2. The predicted octanol–water partition coefficient (Wildman–Crippen LogP) is 2.38. The molecule has 0 unspecified atom stereocenters. The molecule has 3 rings (SSSR count). The molecule has 4 heteroatoms. The van der Waals surface area contributed by atoms with Crippen LogP contribution in [0.1, 0.15) is 36.0 Å². The van der Waals surface area contributed by atoms with Crippen LogP contribution in [0.5, 0.6) is 0 Å². The molecular weight excluding hydrogens is 216 g/mol. The van der Waals surface area contributed by atoms with Gasteiger partial charge in [0.2, 0.25) is 0 Å². The molecule has 17 heavy (non-hydrogen) atoms. The van der Waals surface area contributed by atoms with Gasteiger partial charge in [-0.1, -0.05) is 6.42 Å². The van der Waals surface area contributed by atoms with Crippen LogP contribution in [0.2, 0.25) is 0 Å². The molecular formula is C13H16N2O2. The van der Waals surface area contributed by atoms with Crippen molar-refractivity contribution in [2.24, 2.45) is 11.8 Å². The highest BCUT2D eigenvalue weighted by Crippen LogP contribution is 2.45. The second-order valence-electron chi connectivity index (χ2n) is 5.13. The number of carboxylic acids is 1. The maximum atomic E-state index is 11.1. The number of aromatic carboxylic acids is 1. The summed E-state index contributed by atoms with van der Waals surface area (Å²) in [4.78, 5) is 15.2. The SMILES string of the molecule is O=C(O)c1cccnc1N[C@@H]1C[C@H]2CC[C@@H]1C2. The molecule has 2 fully saturated rings. The van der Waals surface area contributed by atoms with Crippen molar-refractivity contribution in [1.82, 2.24) is 4.98 Å². The summed E-state index contributed by atoms with van der Waals surface area (Å²) in [5.74, 6) is 1.17. The highest BCUT2D eigenvalue weighted by Gasteiger charge is 2.39. The van der Waals surface area contributed by atoms with Gasteiger partial charge in [0.05, 0.1) is 0 Å². The second-order valence-corrected chi connectivity index (χ2v) is 5.13. The van der Waals surface area contributed by atoms with E-state index in [1.54, 1.807) is 18.3 Å². The van der Waals surface area contributed by atoms with E-state index in [9.17, 15) is 4.79 Å². The summed E-state index contributed by atoms with van der Waals surface area (Å²) in [6.45, 7) is 0. The largest absolute Gasteiger partial charge is 0.478 e. The molecule has 1 aromatic rings. The molecule has 1 heterocycles. The van der Waals surface area contributed by atoms with Crippen molar-refractivity contribution < 1.29 is 9.90 Å². The van der Waals surface area contributed by atoms with E-state index in [-0.39, 0.29) is 5.56 Å². The summed E-state index contributed by atoms with van der Waals surface area (Å²) in [6, 6.07) is 3.68. The zero-order chi connectivity index (χ0) is 11.8. The first-order valence-corrected chi connectivity index (χ1v) is 6.19. The molecule has 2 aliphatic carbocycles. The normalized spacial score (nSPS) is 30.5. The number of carboxylic acid groups (broad SMARTS) is 1. The van der Waals surface area contributed by atoms with E-state index in [2.05, 4.69) is 10.3 Å². The maximum Gasteiger partial charge on any atom is 0.339 e. The molecule has 90 valence electrons. The molecule has 0 amide bonds. The molecule has 0 saturated heterocycles. The molecule has 4 nitrogen and oxygen atoms in total. The second kappa shape index (κ2) is 4.02. The van der Waals surface area contributed by atoms with Gasteiger partial charge in [-0.2, -0.15) is 0 Å². The first kappa shape index (κ1) is 10.6. The number of hydrogen-bond acceptors (Lipinski definition) is 3. The quantitative estimate of drug-likeness (QED) is 0.840. The van der Waals surface area contributed by atoms with Crippen LogP contribution in [0.25, 0.3) is 0 Å². The maximum absolute atomic E-state index is 11.1. The third kappa shape index (κ3) is 1.88. The van der Waals surface area contributed by atoms with E-state index in [4.69, 9.17) is 5.11 Å². The Bertz CT molecular complexity index is 447. The van der Waals surface area contributed by atoms with Gasteiger partial charge in [0.15, 0.2) is 0 Å². The van der Waals surface area contributed by atoms with Gasteiger partial charge in [0, 0.05) is 12.2 Å². The highest BCUT2D eigenvalue weighted by molar-refractivity contribution is 5.93. The van der Waals surface area contributed by atoms with Crippen molar-refractivity contribution in [2.45, 2.75) is 31.7 Å². The van der Waals surface area contributed by atoms with Crippen LogP contribution in [0, 0.1) is 11.8 Å².